The van der Waals surface area contributed by atoms with E-state index in [2.05, 4.69) is 0 Å². The zero-order valence-electron chi connectivity index (χ0n) is 9.71. The van der Waals surface area contributed by atoms with Gasteiger partial charge >= 0.3 is 5.97 Å². The topological polar surface area (TPSA) is 74.7 Å². The second kappa shape index (κ2) is 4.86. The van der Waals surface area contributed by atoms with Crippen molar-refractivity contribution < 1.29 is 27.1 Å². The molecule has 0 saturated carbocycles. The molecular formula is C11H11F2NO4S. The number of carbonyl (C=O) groups is 1. The summed E-state index contributed by atoms with van der Waals surface area (Å²) in [7, 11) is -4.13. The minimum atomic E-state index is -4.13. The standard InChI is InChI=1S/C11H11F2NO4S/c12-8-4-3-7(6-9(8)13)19(17,18)14-5-1-2-10(14)11(15)16/h3-4,6,10H,1-2,5H2,(H,15,16). The molecule has 1 aromatic carbocycles. The van der Waals surface area contributed by atoms with E-state index in [1.807, 2.05) is 0 Å². The summed E-state index contributed by atoms with van der Waals surface area (Å²) in [6.07, 6.45) is 0.623. The van der Waals surface area contributed by atoms with Crippen LogP contribution in [0.1, 0.15) is 12.8 Å². The first kappa shape index (κ1) is 13.9. The van der Waals surface area contributed by atoms with E-state index in [0.717, 1.165) is 10.4 Å². The summed E-state index contributed by atoms with van der Waals surface area (Å²) >= 11 is 0. The smallest absolute Gasteiger partial charge is 0.322 e. The van der Waals surface area contributed by atoms with Crippen LogP contribution in [-0.4, -0.2) is 36.4 Å². The molecular weight excluding hydrogens is 280 g/mol. The van der Waals surface area contributed by atoms with Crippen LogP contribution in [0.15, 0.2) is 23.1 Å². The summed E-state index contributed by atoms with van der Waals surface area (Å²) < 4.78 is 51.0. The fourth-order valence-electron chi connectivity index (χ4n) is 2.05. The van der Waals surface area contributed by atoms with E-state index in [1.54, 1.807) is 0 Å². The van der Waals surface area contributed by atoms with Crippen molar-refractivity contribution in [1.29, 1.82) is 0 Å². The van der Waals surface area contributed by atoms with Crippen LogP contribution in [0, 0.1) is 11.6 Å². The van der Waals surface area contributed by atoms with E-state index >= 15 is 0 Å². The Balaban J connectivity index is 2.42. The first-order valence-electron chi connectivity index (χ1n) is 5.54. The molecule has 104 valence electrons. The number of carboxylic acid groups (broad SMARTS) is 1. The summed E-state index contributed by atoms with van der Waals surface area (Å²) in [6.45, 7) is 0.0539. The van der Waals surface area contributed by atoms with E-state index in [0.29, 0.717) is 18.6 Å². The fourth-order valence-corrected chi connectivity index (χ4v) is 3.71. The van der Waals surface area contributed by atoms with E-state index in [9.17, 15) is 22.0 Å². The number of halogens is 2. The van der Waals surface area contributed by atoms with Gasteiger partial charge < -0.3 is 5.11 Å². The average molecular weight is 291 g/mol. The van der Waals surface area contributed by atoms with Gasteiger partial charge in [-0.15, -0.1) is 0 Å². The van der Waals surface area contributed by atoms with Gasteiger partial charge in [0.25, 0.3) is 0 Å². The van der Waals surface area contributed by atoms with Gasteiger partial charge in [-0.05, 0) is 31.0 Å². The van der Waals surface area contributed by atoms with E-state index in [4.69, 9.17) is 5.11 Å². The Morgan fingerprint density at radius 1 is 1.32 bits per heavy atom. The molecule has 0 bridgehead atoms. The predicted octanol–water partition coefficient (Wildman–Crippen LogP) is 1.20. The monoisotopic (exact) mass is 291 g/mol. The molecule has 0 radical (unpaired) electrons. The Morgan fingerprint density at radius 2 is 2.00 bits per heavy atom. The number of benzene rings is 1. The number of sulfonamides is 1. The van der Waals surface area contributed by atoms with Gasteiger partial charge in [0.15, 0.2) is 11.6 Å². The largest absolute Gasteiger partial charge is 0.480 e. The van der Waals surface area contributed by atoms with Crippen LogP contribution in [0.2, 0.25) is 0 Å². The quantitative estimate of drug-likeness (QED) is 0.908. The maximum absolute atomic E-state index is 13.1. The highest BCUT2D eigenvalue weighted by Gasteiger charge is 2.39. The van der Waals surface area contributed by atoms with Crippen molar-refractivity contribution in [3.63, 3.8) is 0 Å². The van der Waals surface area contributed by atoms with E-state index in [-0.39, 0.29) is 13.0 Å². The molecule has 0 aromatic heterocycles. The number of rotatable bonds is 3. The molecule has 1 unspecified atom stereocenters. The Labute approximate surface area is 108 Å². The van der Waals surface area contributed by atoms with Gasteiger partial charge in [-0.3, -0.25) is 4.79 Å². The zero-order valence-corrected chi connectivity index (χ0v) is 10.5. The van der Waals surface area contributed by atoms with Crippen LogP contribution >= 0.6 is 0 Å². The lowest BCUT2D eigenvalue weighted by Crippen LogP contribution is -2.40. The molecule has 1 N–H and O–H groups in total. The average Bonchev–Trinajstić information content (AvgIpc) is 2.82. The van der Waals surface area contributed by atoms with Crippen molar-refractivity contribution in [2.75, 3.05) is 6.54 Å². The van der Waals surface area contributed by atoms with Crippen LogP contribution in [-0.2, 0) is 14.8 Å². The third-order valence-corrected chi connectivity index (χ3v) is 4.89. The van der Waals surface area contributed by atoms with Crippen molar-refractivity contribution in [3.05, 3.63) is 29.8 Å². The number of aliphatic carboxylic acids is 1. The van der Waals surface area contributed by atoms with Gasteiger partial charge in [-0.1, -0.05) is 0 Å². The second-order valence-electron chi connectivity index (χ2n) is 4.19. The van der Waals surface area contributed by atoms with Gasteiger partial charge in [0.2, 0.25) is 10.0 Å². The summed E-state index contributed by atoms with van der Waals surface area (Å²) in [4.78, 5) is 10.5. The Hall–Kier alpha value is -1.54. The van der Waals surface area contributed by atoms with Crippen LogP contribution in [0.4, 0.5) is 8.78 Å². The highest BCUT2D eigenvalue weighted by atomic mass is 32.2. The molecule has 8 heteroatoms. The highest BCUT2D eigenvalue weighted by Crippen LogP contribution is 2.26. The van der Waals surface area contributed by atoms with Crippen LogP contribution in [0.25, 0.3) is 0 Å². The number of hydrogen-bond donors (Lipinski definition) is 1. The Bertz CT molecular complexity index is 617. The van der Waals surface area contributed by atoms with Crippen LogP contribution < -0.4 is 0 Å². The summed E-state index contributed by atoms with van der Waals surface area (Å²) in [5.74, 6) is -3.69. The molecule has 5 nitrogen and oxygen atoms in total. The van der Waals surface area contributed by atoms with Crippen molar-refractivity contribution >= 4 is 16.0 Å². The van der Waals surface area contributed by atoms with Crippen LogP contribution in [0.3, 0.4) is 0 Å². The maximum Gasteiger partial charge on any atom is 0.322 e. The molecule has 1 aliphatic rings. The van der Waals surface area contributed by atoms with Gasteiger partial charge in [0.05, 0.1) is 4.90 Å². The van der Waals surface area contributed by atoms with Gasteiger partial charge in [0, 0.05) is 6.54 Å². The van der Waals surface area contributed by atoms with Gasteiger partial charge in [0.1, 0.15) is 6.04 Å². The summed E-state index contributed by atoms with van der Waals surface area (Å²) in [6, 6.07) is 1.03. The first-order chi connectivity index (χ1) is 8.84. The van der Waals surface area contributed by atoms with Crippen molar-refractivity contribution in [3.8, 4) is 0 Å². The minimum Gasteiger partial charge on any atom is -0.480 e. The number of nitrogens with zero attached hydrogens (tertiary/aromatic N) is 1. The van der Waals surface area contributed by atoms with E-state index in [1.165, 1.54) is 0 Å². The minimum absolute atomic E-state index is 0.0539. The molecule has 1 aliphatic heterocycles. The lowest BCUT2D eigenvalue weighted by Gasteiger charge is -2.20. The summed E-state index contributed by atoms with van der Waals surface area (Å²) in [5.41, 5.74) is 0. The number of hydrogen-bond acceptors (Lipinski definition) is 3. The normalized spacial score (nSPS) is 20.6. The van der Waals surface area contributed by atoms with Gasteiger partial charge in [-0.2, -0.15) is 4.31 Å². The number of carboxylic acids is 1. The third-order valence-electron chi connectivity index (χ3n) is 2.99. The fraction of sp³-hybridized carbons (Fsp3) is 0.364. The molecule has 0 spiro atoms. The van der Waals surface area contributed by atoms with Crippen molar-refractivity contribution in [2.45, 2.75) is 23.8 Å². The Kier molecular flexibility index (Phi) is 3.55. The predicted molar refractivity (Wildman–Crippen MR) is 60.9 cm³/mol. The lowest BCUT2D eigenvalue weighted by atomic mass is 10.2. The van der Waals surface area contributed by atoms with Crippen LogP contribution in [0.5, 0.6) is 0 Å². The van der Waals surface area contributed by atoms with Crippen molar-refractivity contribution in [2.24, 2.45) is 0 Å². The maximum atomic E-state index is 13.1. The molecule has 0 amide bonds. The molecule has 1 heterocycles. The first-order valence-corrected chi connectivity index (χ1v) is 6.98. The molecule has 1 fully saturated rings. The van der Waals surface area contributed by atoms with Gasteiger partial charge in [-0.25, -0.2) is 17.2 Å². The lowest BCUT2D eigenvalue weighted by molar-refractivity contribution is -0.140. The molecule has 1 aromatic rings. The Morgan fingerprint density at radius 3 is 2.58 bits per heavy atom. The third kappa shape index (κ3) is 2.45. The second-order valence-corrected chi connectivity index (χ2v) is 6.08. The highest BCUT2D eigenvalue weighted by molar-refractivity contribution is 7.89. The molecule has 2 rings (SSSR count). The molecule has 1 saturated heterocycles. The molecule has 0 aliphatic carbocycles. The summed E-state index contributed by atoms with van der Waals surface area (Å²) in [5, 5.41) is 8.95. The SMILES string of the molecule is O=C(O)C1CCCN1S(=O)(=O)c1ccc(F)c(F)c1. The van der Waals surface area contributed by atoms with Crippen molar-refractivity contribution in [1.82, 2.24) is 4.31 Å². The molecule has 19 heavy (non-hydrogen) atoms. The zero-order chi connectivity index (χ0) is 14.2. The van der Waals surface area contributed by atoms with E-state index < -0.39 is 38.6 Å². The molecule has 1 atom stereocenters.